The van der Waals surface area contributed by atoms with Gasteiger partial charge in [-0.15, -0.1) is 0 Å². The smallest absolute Gasteiger partial charge is 0.282 e. The molecule has 4 rings (SSSR count). The van der Waals surface area contributed by atoms with Gasteiger partial charge >= 0.3 is 0 Å². The number of halogens is 2. The Labute approximate surface area is 207 Å². The summed E-state index contributed by atoms with van der Waals surface area (Å²) in [5, 5.41) is 5.01. The van der Waals surface area contributed by atoms with Crippen LogP contribution >= 0.6 is 31.9 Å². The standard InChI is InChI=1S/C25H19Br2N3O3/c1-3-13-33-23-20(32-2)14-17(21(26)22(23)27)15-28-30-24(16-9-5-4-6-10-16)29-19-12-8-7-11-18(19)25(30)31/h3-12,14-15H,1,13H2,2H3. The van der Waals surface area contributed by atoms with E-state index in [0.717, 1.165) is 5.56 Å². The molecule has 0 unspecified atom stereocenters. The highest BCUT2D eigenvalue weighted by molar-refractivity contribution is 9.13. The number of aromatic nitrogens is 2. The van der Waals surface area contributed by atoms with E-state index in [9.17, 15) is 4.79 Å². The molecule has 4 aromatic rings. The molecule has 8 heteroatoms. The molecule has 0 fully saturated rings. The van der Waals surface area contributed by atoms with Crippen molar-refractivity contribution in [3.63, 3.8) is 0 Å². The minimum atomic E-state index is -0.260. The lowest BCUT2D eigenvalue weighted by atomic mass is 10.2. The summed E-state index contributed by atoms with van der Waals surface area (Å²) in [5.41, 5.74) is 1.82. The molecule has 0 aliphatic heterocycles. The summed E-state index contributed by atoms with van der Waals surface area (Å²) in [6.45, 7) is 4.00. The molecule has 1 heterocycles. The van der Waals surface area contributed by atoms with Crippen LogP contribution in [-0.4, -0.2) is 29.6 Å². The van der Waals surface area contributed by atoms with E-state index >= 15 is 0 Å². The molecule has 3 aromatic carbocycles. The Kier molecular flexibility index (Phi) is 7.05. The van der Waals surface area contributed by atoms with Gasteiger partial charge in [0.2, 0.25) is 0 Å². The predicted molar refractivity (Wildman–Crippen MR) is 139 cm³/mol. The lowest BCUT2D eigenvalue weighted by molar-refractivity contribution is 0.324. The van der Waals surface area contributed by atoms with Crippen LogP contribution in [0.4, 0.5) is 0 Å². The summed E-state index contributed by atoms with van der Waals surface area (Å²) in [7, 11) is 1.56. The van der Waals surface area contributed by atoms with E-state index in [4.69, 9.17) is 14.5 Å². The van der Waals surface area contributed by atoms with Crippen molar-refractivity contribution in [2.45, 2.75) is 0 Å². The Hall–Kier alpha value is -3.23. The van der Waals surface area contributed by atoms with Crippen LogP contribution in [0.2, 0.25) is 0 Å². The molecule has 33 heavy (non-hydrogen) atoms. The second kappa shape index (κ2) is 10.1. The molecule has 0 N–H and O–H groups in total. The van der Waals surface area contributed by atoms with Crippen molar-refractivity contribution in [2.75, 3.05) is 13.7 Å². The molecule has 0 saturated carbocycles. The highest BCUT2D eigenvalue weighted by Gasteiger charge is 2.17. The van der Waals surface area contributed by atoms with Gasteiger partial charge in [-0.2, -0.15) is 9.78 Å². The molecule has 0 amide bonds. The Bertz CT molecular complexity index is 1420. The summed E-state index contributed by atoms with van der Waals surface area (Å²) in [6, 6.07) is 18.5. The molecule has 1 aromatic heterocycles. The van der Waals surface area contributed by atoms with E-state index in [1.165, 1.54) is 4.68 Å². The zero-order chi connectivity index (χ0) is 23.4. The molecule has 0 aliphatic rings. The fourth-order valence-corrected chi connectivity index (χ4v) is 4.19. The van der Waals surface area contributed by atoms with Crippen LogP contribution in [0.3, 0.4) is 0 Å². The highest BCUT2D eigenvalue weighted by atomic mass is 79.9. The number of ether oxygens (including phenoxy) is 2. The first-order valence-corrected chi connectivity index (χ1v) is 11.5. The third kappa shape index (κ3) is 4.62. The van der Waals surface area contributed by atoms with Crippen molar-refractivity contribution in [2.24, 2.45) is 5.10 Å². The highest BCUT2D eigenvalue weighted by Crippen LogP contribution is 2.42. The maximum atomic E-state index is 13.3. The van der Waals surface area contributed by atoms with Crippen molar-refractivity contribution in [3.05, 3.63) is 98.2 Å². The van der Waals surface area contributed by atoms with Gasteiger partial charge in [0.1, 0.15) is 6.61 Å². The van der Waals surface area contributed by atoms with Gasteiger partial charge in [-0.3, -0.25) is 4.79 Å². The first kappa shape index (κ1) is 22.9. The summed E-state index contributed by atoms with van der Waals surface area (Å²) in [5.74, 6) is 1.50. The minimum Gasteiger partial charge on any atom is -0.493 e. The lowest BCUT2D eigenvalue weighted by Gasteiger charge is -2.14. The lowest BCUT2D eigenvalue weighted by Crippen LogP contribution is -2.20. The fourth-order valence-electron chi connectivity index (χ4n) is 3.25. The van der Waals surface area contributed by atoms with Gasteiger partial charge in [0.05, 0.1) is 28.7 Å². The maximum Gasteiger partial charge on any atom is 0.282 e. The molecule has 0 radical (unpaired) electrons. The number of nitrogens with zero attached hydrogens (tertiary/aromatic N) is 3. The van der Waals surface area contributed by atoms with Crippen molar-refractivity contribution in [3.8, 4) is 22.9 Å². The summed E-state index contributed by atoms with van der Waals surface area (Å²) < 4.78 is 13.9. The number of hydrogen-bond acceptors (Lipinski definition) is 5. The monoisotopic (exact) mass is 567 g/mol. The van der Waals surface area contributed by atoms with E-state index in [-0.39, 0.29) is 5.56 Å². The van der Waals surface area contributed by atoms with Crippen LogP contribution in [0, 0.1) is 0 Å². The van der Waals surface area contributed by atoms with Gasteiger partial charge in [-0.1, -0.05) is 55.1 Å². The third-order valence-electron chi connectivity index (χ3n) is 4.82. The zero-order valence-corrected chi connectivity index (χ0v) is 20.8. The van der Waals surface area contributed by atoms with Crippen molar-refractivity contribution in [1.82, 2.24) is 9.66 Å². The van der Waals surface area contributed by atoms with Crippen LogP contribution in [0.15, 0.2) is 92.2 Å². The minimum absolute atomic E-state index is 0.260. The normalized spacial score (nSPS) is 11.1. The van der Waals surface area contributed by atoms with E-state index in [1.54, 1.807) is 31.5 Å². The Balaban J connectivity index is 1.88. The maximum absolute atomic E-state index is 13.3. The molecule has 0 bridgehead atoms. The Morgan fingerprint density at radius 1 is 1.09 bits per heavy atom. The number of methoxy groups -OCH3 is 1. The molecular weight excluding hydrogens is 550 g/mol. The first-order valence-electron chi connectivity index (χ1n) is 9.96. The predicted octanol–water partition coefficient (Wildman–Crippen LogP) is 6.04. The number of hydrogen-bond donors (Lipinski definition) is 0. The summed E-state index contributed by atoms with van der Waals surface area (Å²) in [6.07, 6.45) is 3.23. The average Bonchev–Trinajstić information content (AvgIpc) is 2.85. The van der Waals surface area contributed by atoms with Gasteiger partial charge in [0, 0.05) is 15.6 Å². The molecule has 166 valence electrons. The van der Waals surface area contributed by atoms with Crippen molar-refractivity contribution < 1.29 is 9.47 Å². The Morgan fingerprint density at radius 3 is 2.55 bits per heavy atom. The molecule has 0 spiro atoms. The van der Waals surface area contributed by atoms with Gasteiger partial charge in [0.25, 0.3) is 5.56 Å². The largest absolute Gasteiger partial charge is 0.493 e. The number of para-hydroxylation sites is 1. The topological polar surface area (TPSA) is 65.7 Å². The number of rotatable bonds is 7. The SMILES string of the molecule is C=CCOc1c(OC)cc(C=Nn2c(-c3ccccc3)nc3ccccc3c2=O)c(Br)c1Br. The number of fused-ring (bicyclic) bond motifs is 1. The van der Waals surface area contributed by atoms with E-state index < -0.39 is 0 Å². The van der Waals surface area contributed by atoms with Gasteiger partial charge in [-0.05, 0) is 50.1 Å². The third-order valence-corrected chi connectivity index (χ3v) is 6.96. The Morgan fingerprint density at radius 2 is 1.82 bits per heavy atom. The molecule has 0 saturated heterocycles. The molecule has 0 atom stereocenters. The fraction of sp³-hybridized carbons (Fsp3) is 0.0800. The summed E-state index contributed by atoms with van der Waals surface area (Å²) in [4.78, 5) is 18.0. The van der Waals surface area contributed by atoms with Gasteiger partial charge in [0.15, 0.2) is 17.3 Å². The van der Waals surface area contributed by atoms with Crippen molar-refractivity contribution in [1.29, 1.82) is 0 Å². The van der Waals surface area contributed by atoms with E-state index in [2.05, 4.69) is 43.5 Å². The molecule has 0 aliphatic carbocycles. The van der Waals surface area contributed by atoms with Gasteiger partial charge < -0.3 is 9.47 Å². The van der Waals surface area contributed by atoms with Crippen LogP contribution in [0.5, 0.6) is 11.5 Å². The van der Waals surface area contributed by atoms with Crippen LogP contribution in [0.1, 0.15) is 5.56 Å². The second-order valence-electron chi connectivity index (χ2n) is 6.90. The van der Waals surface area contributed by atoms with E-state index in [1.807, 2.05) is 48.5 Å². The van der Waals surface area contributed by atoms with Crippen molar-refractivity contribution >= 4 is 49.0 Å². The van der Waals surface area contributed by atoms with E-state index in [0.29, 0.717) is 49.3 Å². The molecular formula is C25H19Br2N3O3. The average molecular weight is 569 g/mol. The number of benzene rings is 3. The quantitative estimate of drug-likeness (QED) is 0.201. The second-order valence-corrected chi connectivity index (χ2v) is 8.49. The van der Waals surface area contributed by atoms with Crippen LogP contribution in [-0.2, 0) is 0 Å². The van der Waals surface area contributed by atoms with Gasteiger partial charge in [-0.25, -0.2) is 4.98 Å². The first-order chi connectivity index (χ1) is 16.0. The zero-order valence-electron chi connectivity index (χ0n) is 17.7. The van der Waals surface area contributed by atoms with Crippen LogP contribution < -0.4 is 15.0 Å². The summed E-state index contributed by atoms with van der Waals surface area (Å²) >= 11 is 7.13. The molecule has 6 nitrogen and oxygen atoms in total. The van der Waals surface area contributed by atoms with Crippen LogP contribution in [0.25, 0.3) is 22.3 Å².